The molecule has 3 heteroatoms. The summed E-state index contributed by atoms with van der Waals surface area (Å²) in [6.45, 7) is 1.59. The Balaban J connectivity index is 3.14. The third-order valence-corrected chi connectivity index (χ3v) is 1.70. The predicted octanol–water partition coefficient (Wildman–Crippen LogP) is 1.34. The van der Waals surface area contributed by atoms with Crippen LogP contribution in [0.25, 0.3) is 0 Å². The first-order valence-corrected chi connectivity index (χ1v) is 4.14. The van der Waals surface area contributed by atoms with Gasteiger partial charge in [0, 0.05) is 5.56 Å². The van der Waals surface area contributed by atoms with Crippen LogP contribution >= 0.6 is 0 Å². The minimum atomic E-state index is -0.434. The van der Waals surface area contributed by atoms with Crippen molar-refractivity contribution in [1.82, 2.24) is 0 Å². The van der Waals surface area contributed by atoms with Gasteiger partial charge in [0.1, 0.15) is 5.82 Å². The average molecular weight is 191 g/mol. The Morgan fingerprint density at radius 2 is 2.29 bits per heavy atom. The van der Waals surface area contributed by atoms with Gasteiger partial charge in [0.15, 0.2) is 5.78 Å². The highest BCUT2D eigenvalue weighted by molar-refractivity contribution is 5.94. The monoisotopic (exact) mass is 191 g/mol. The van der Waals surface area contributed by atoms with E-state index in [1.54, 1.807) is 0 Å². The molecule has 2 nitrogen and oxygen atoms in total. The van der Waals surface area contributed by atoms with E-state index in [9.17, 15) is 9.18 Å². The molecule has 1 rings (SSSR count). The zero-order valence-electron chi connectivity index (χ0n) is 7.80. The average Bonchev–Trinajstić information content (AvgIpc) is 2.16. The van der Waals surface area contributed by atoms with E-state index in [1.807, 2.05) is 0 Å². The lowest BCUT2D eigenvalue weighted by molar-refractivity contribution is 0.101. The molecule has 0 bridgehead atoms. The molecule has 0 heterocycles. The summed E-state index contributed by atoms with van der Waals surface area (Å²) in [6, 6.07) is 4.10. The maximum absolute atomic E-state index is 13.1. The van der Waals surface area contributed by atoms with Crippen LogP contribution in [0.5, 0.6) is 0 Å². The molecule has 1 aromatic carbocycles. The molecule has 0 aliphatic carbocycles. The summed E-state index contributed by atoms with van der Waals surface area (Å²) >= 11 is 0. The second kappa shape index (κ2) is 4.54. The van der Waals surface area contributed by atoms with Crippen molar-refractivity contribution in [1.29, 1.82) is 0 Å². The first-order valence-electron chi connectivity index (χ1n) is 4.14. The molecule has 0 radical (unpaired) electrons. The molecule has 0 amide bonds. The largest absolute Gasteiger partial charge is 0.320 e. The van der Waals surface area contributed by atoms with Crippen molar-refractivity contribution >= 4 is 5.78 Å². The van der Waals surface area contributed by atoms with Crippen molar-refractivity contribution in [2.75, 3.05) is 6.54 Å². The van der Waals surface area contributed by atoms with E-state index in [1.165, 1.54) is 25.1 Å². The number of carbonyl (C=O) groups is 1. The summed E-state index contributed by atoms with van der Waals surface area (Å²) in [5, 5.41) is 0. The summed E-state index contributed by atoms with van der Waals surface area (Å²) < 4.78 is 13.1. The topological polar surface area (TPSA) is 43.1 Å². The molecule has 0 aliphatic heterocycles. The van der Waals surface area contributed by atoms with Crippen molar-refractivity contribution in [2.24, 2.45) is 5.73 Å². The van der Waals surface area contributed by atoms with Gasteiger partial charge in [-0.2, -0.15) is 0 Å². The summed E-state index contributed by atoms with van der Waals surface area (Å²) in [4.78, 5) is 11.0. The van der Waals surface area contributed by atoms with Gasteiger partial charge in [-0.25, -0.2) is 4.39 Å². The van der Waals surface area contributed by atoms with Crippen LogP contribution in [-0.4, -0.2) is 12.3 Å². The van der Waals surface area contributed by atoms with Crippen molar-refractivity contribution in [3.8, 4) is 11.8 Å². The fourth-order valence-corrected chi connectivity index (χ4v) is 0.986. The molecule has 0 saturated carbocycles. The Bertz CT molecular complexity index is 415. The van der Waals surface area contributed by atoms with Gasteiger partial charge < -0.3 is 5.73 Å². The number of benzene rings is 1. The third-order valence-electron chi connectivity index (χ3n) is 1.70. The highest BCUT2D eigenvalue weighted by Crippen LogP contribution is 2.09. The number of rotatable bonds is 1. The number of nitrogens with two attached hydrogens (primary N) is 1. The highest BCUT2D eigenvalue weighted by Gasteiger charge is 2.03. The van der Waals surface area contributed by atoms with E-state index in [2.05, 4.69) is 11.8 Å². The molecule has 0 saturated heterocycles. The number of carbonyl (C=O) groups excluding carboxylic acids is 1. The molecule has 0 atom stereocenters. The van der Waals surface area contributed by atoms with Crippen molar-refractivity contribution in [3.05, 3.63) is 35.1 Å². The van der Waals surface area contributed by atoms with Crippen LogP contribution in [0.3, 0.4) is 0 Å². The van der Waals surface area contributed by atoms with E-state index in [-0.39, 0.29) is 17.9 Å². The van der Waals surface area contributed by atoms with Gasteiger partial charge in [-0.1, -0.05) is 11.8 Å². The fraction of sp³-hybridized carbons (Fsp3) is 0.182. The predicted molar refractivity (Wildman–Crippen MR) is 52.3 cm³/mol. The van der Waals surface area contributed by atoms with E-state index >= 15 is 0 Å². The summed E-state index contributed by atoms with van der Waals surface area (Å²) in [5.74, 6) is 4.56. The number of hydrogen-bond acceptors (Lipinski definition) is 2. The molecule has 0 fully saturated rings. The van der Waals surface area contributed by atoms with Crippen LogP contribution in [-0.2, 0) is 0 Å². The van der Waals surface area contributed by atoms with Crippen LogP contribution in [0.15, 0.2) is 18.2 Å². The van der Waals surface area contributed by atoms with Gasteiger partial charge in [0.2, 0.25) is 0 Å². The number of Topliss-reactive ketones (excluding diaryl/α,β-unsaturated/α-hetero) is 1. The minimum Gasteiger partial charge on any atom is -0.320 e. The van der Waals surface area contributed by atoms with E-state index < -0.39 is 5.82 Å². The second-order valence-corrected chi connectivity index (χ2v) is 2.76. The third kappa shape index (κ3) is 2.41. The normalized spacial score (nSPS) is 9.07. The minimum absolute atomic E-state index is 0.110. The Kier molecular flexibility index (Phi) is 3.38. The molecule has 1 aromatic rings. The Morgan fingerprint density at radius 1 is 1.57 bits per heavy atom. The van der Waals surface area contributed by atoms with Crippen molar-refractivity contribution < 1.29 is 9.18 Å². The summed E-state index contributed by atoms with van der Waals surface area (Å²) in [7, 11) is 0. The molecule has 2 N–H and O–H groups in total. The van der Waals surface area contributed by atoms with E-state index in [0.717, 1.165) is 0 Å². The Hall–Kier alpha value is -1.66. The first-order chi connectivity index (χ1) is 6.65. The van der Waals surface area contributed by atoms with Crippen molar-refractivity contribution in [3.63, 3.8) is 0 Å². The first kappa shape index (κ1) is 10.4. The lowest BCUT2D eigenvalue weighted by atomic mass is 10.1. The lowest BCUT2D eigenvalue weighted by Crippen LogP contribution is -1.96. The zero-order valence-corrected chi connectivity index (χ0v) is 7.80. The molecule has 72 valence electrons. The van der Waals surface area contributed by atoms with Gasteiger partial charge in [-0.15, -0.1) is 0 Å². The number of hydrogen-bond donors (Lipinski definition) is 1. The van der Waals surface area contributed by atoms with Gasteiger partial charge in [0.25, 0.3) is 0 Å². The Labute approximate surface area is 81.9 Å². The van der Waals surface area contributed by atoms with Crippen LogP contribution in [0.4, 0.5) is 4.39 Å². The molecular formula is C11H10FNO. The maximum atomic E-state index is 13.1. The van der Waals surface area contributed by atoms with Crippen LogP contribution < -0.4 is 5.73 Å². The smallest absolute Gasteiger partial charge is 0.159 e. The van der Waals surface area contributed by atoms with Gasteiger partial charge >= 0.3 is 0 Å². The SMILES string of the molecule is CC(=O)c1ccc(F)c(C#CCN)c1. The number of halogens is 1. The molecule has 0 spiro atoms. The molecule has 14 heavy (non-hydrogen) atoms. The molecular weight excluding hydrogens is 181 g/mol. The second-order valence-electron chi connectivity index (χ2n) is 2.76. The quantitative estimate of drug-likeness (QED) is 0.537. The Morgan fingerprint density at radius 3 is 2.86 bits per heavy atom. The van der Waals surface area contributed by atoms with Gasteiger partial charge in [-0.05, 0) is 25.1 Å². The van der Waals surface area contributed by atoms with Crippen LogP contribution in [0.2, 0.25) is 0 Å². The van der Waals surface area contributed by atoms with E-state index in [4.69, 9.17) is 5.73 Å². The van der Waals surface area contributed by atoms with Crippen molar-refractivity contribution in [2.45, 2.75) is 6.92 Å². The van der Waals surface area contributed by atoms with E-state index in [0.29, 0.717) is 5.56 Å². The molecule has 0 aliphatic rings. The molecule has 0 aromatic heterocycles. The summed E-state index contributed by atoms with van der Waals surface area (Å²) in [6.07, 6.45) is 0. The standard InChI is InChI=1S/C11H10FNO/c1-8(14)9-4-5-11(12)10(7-9)3-2-6-13/h4-5,7H,6,13H2,1H3. The van der Waals surface area contributed by atoms with Crippen LogP contribution in [0.1, 0.15) is 22.8 Å². The highest BCUT2D eigenvalue weighted by atomic mass is 19.1. The summed E-state index contributed by atoms with van der Waals surface area (Å²) in [5.41, 5.74) is 5.82. The van der Waals surface area contributed by atoms with Gasteiger partial charge in [0.05, 0.1) is 12.1 Å². The number of ketones is 1. The van der Waals surface area contributed by atoms with Gasteiger partial charge in [-0.3, -0.25) is 4.79 Å². The molecule has 0 unspecified atom stereocenters. The lowest BCUT2D eigenvalue weighted by Gasteiger charge is -1.97. The zero-order chi connectivity index (χ0) is 10.6. The van der Waals surface area contributed by atoms with Crippen LogP contribution in [0, 0.1) is 17.7 Å². The fourth-order valence-electron chi connectivity index (χ4n) is 0.986. The maximum Gasteiger partial charge on any atom is 0.159 e.